The monoisotopic (exact) mass is 525 g/mol. The summed E-state index contributed by atoms with van der Waals surface area (Å²) >= 11 is 0. The fourth-order valence-corrected chi connectivity index (χ4v) is 5.06. The molecule has 0 spiro atoms. The maximum atomic E-state index is 13.4. The number of aliphatic hydroxyl groups excluding tert-OH is 1. The number of aromatic nitrogens is 5. The van der Waals surface area contributed by atoms with E-state index >= 15 is 0 Å². The van der Waals surface area contributed by atoms with Crippen LogP contribution in [0, 0.1) is 0 Å². The van der Waals surface area contributed by atoms with Crippen molar-refractivity contribution < 1.29 is 14.6 Å². The van der Waals surface area contributed by atoms with Crippen molar-refractivity contribution >= 4 is 28.4 Å². The molecule has 0 fully saturated rings. The number of carbonyl (C=O) groups is 1. The van der Waals surface area contributed by atoms with Gasteiger partial charge in [-0.05, 0) is 36.8 Å². The molecule has 4 N–H and O–H groups in total. The first-order chi connectivity index (χ1) is 18.9. The highest BCUT2D eigenvalue weighted by Gasteiger charge is 2.28. The van der Waals surface area contributed by atoms with Crippen LogP contribution in [-0.4, -0.2) is 47.6 Å². The van der Waals surface area contributed by atoms with Crippen molar-refractivity contribution in [1.82, 2.24) is 23.9 Å². The van der Waals surface area contributed by atoms with Crippen LogP contribution in [0.25, 0.3) is 27.8 Å². The van der Waals surface area contributed by atoms with E-state index in [0.29, 0.717) is 53.6 Å². The molecular weight excluding hydrogens is 498 g/mol. The van der Waals surface area contributed by atoms with E-state index in [9.17, 15) is 14.7 Å². The standard InChI is InChI=1S/C28H27N7O4/c1-17(36)13-33-14-21(23-25(29)30-16-31-26(23)33)18-7-9-19(10-8-18)32-27(37)24-22-15-39-12-11-34(22)35(28(24)38)20-5-3-2-4-6-20/h2-10,14,16-17,36H,11-13,15H2,1H3,(H,32,37)(H2,29,30,31). The smallest absolute Gasteiger partial charge is 0.284 e. The summed E-state index contributed by atoms with van der Waals surface area (Å²) in [6.07, 6.45) is 2.71. The Labute approximate surface area is 223 Å². The molecule has 11 nitrogen and oxygen atoms in total. The Kier molecular flexibility index (Phi) is 6.21. The molecule has 39 heavy (non-hydrogen) atoms. The van der Waals surface area contributed by atoms with Crippen molar-refractivity contribution in [2.45, 2.75) is 32.7 Å². The van der Waals surface area contributed by atoms with Crippen LogP contribution in [0.1, 0.15) is 23.0 Å². The number of nitrogens with zero attached hydrogens (tertiary/aromatic N) is 5. The number of fused-ring (bicyclic) bond motifs is 2. The zero-order valence-corrected chi connectivity index (χ0v) is 21.2. The van der Waals surface area contributed by atoms with Crippen molar-refractivity contribution in [3.63, 3.8) is 0 Å². The molecule has 6 rings (SSSR count). The summed E-state index contributed by atoms with van der Waals surface area (Å²) in [6, 6.07) is 16.5. The van der Waals surface area contributed by atoms with Crippen LogP contribution in [0.2, 0.25) is 0 Å². The van der Waals surface area contributed by atoms with Gasteiger partial charge in [0.25, 0.3) is 11.5 Å². The normalized spacial score (nSPS) is 13.8. The number of anilines is 2. The van der Waals surface area contributed by atoms with E-state index in [1.165, 1.54) is 11.0 Å². The minimum atomic E-state index is -0.570. The number of ether oxygens (including phenoxy) is 1. The molecular formula is C28H27N7O4. The summed E-state index contributed by atoms with van der Waals surface area (Å²) < 4.78 is 10.8. The number of benzene rings is 2. The number of hydrogen-bond acceptors (Lipinski definition) is 7. The minimum absolute atomic E-state index is 0.0637. The van der Waals surface area contributed by atoms with Crippen molar-refractivity contribution in [3.8, 4) is 16.8 Å². The molecule has 2 aromatic carbocycles. The SMILES string of the molecule is CC(O)Cn1cc(-c2ccc(NC(=O)c3c4n(n(-c5ccccc5)c3=O)CCOC4)cc2)c2c(N)ncnc21. The Morgan fingerprint density at radius 2 is 1.92 bits per heavy atom. The van der Waals surface area contributed by atoms with Crippen molar-refractivity contribution in [2.24, 2.45) is 0 Å². The molecule has 1 amide bonds. The second-order valence-corrected chi connectivity index (χ2v) is 9.48. The average Bonchev–Trinajstić information content (AvgIpc) is 3.44. The lowest BCUT2D eigenvalue weighted by atomic mass is 10.1. The lowest BCUT2D eigenvalue weighted by Gasteiger charge is -2.19. The van der Waals surface area contributed by atoms with Crippen molar-refractivity contribution in [3.05, 3.63) is 88.7 Å². The molecule has 0 bridgehead atoms. The van der Waals surface area contributed by atoms with E-state index in [2.05, 4.69) is 15.3 Å². The molecule has 1 aliphatic rings. The number of rotatable bonds is 6. The van der Waals surface area contributed by atoms with Crippen LogP contribution in [0.4, 0.5) is 11.5 Å². The van der Waals surface area contributed by atoms with Gasteiger partial charge in [-0.25, -0.2) is 14.6 Å². The molecule has 1 aliphatic heterocycles. The topological polar surface area (TPSA) is 142 Å². The van der Waals surface area contributed by atoms with Crippen molar-refractivity contribution in [2.75, 3.05) is 17.7 Å². The zero-order valence-electron chi connectivity index (χ0n) is 21.2. The van der Waals surface area contributed by atoms with Crippen LogP contribution >= 0.6 is 0 Å². The Balaban J connectivity index is 1.32. The largest absolute Gasteiger partial charge is 0.392 e. The Morgan fingerprint density at radius 1 is 1.15 bits per heavy atom. The quantitative estimate of drug-likeness (QED) is 0.309. The number of para-hydroxylation sites is 1. The summed E-state index contributed by atoms with van der Waals surface area (Å²) in [5, 5.41) is 13.5. The highest BCUT2D eigenvalue weighted by Crippen LogP contribution is 2.33. The van der Waals surface area contributed by atoms with Gasteiger partial charge >= 0.3 is 0 Å². The van der Waals surface area contributed by atoms with Crippen LogP contribution in [-0.2, 0) is 24.4 Å². The van der Waals surface area contributed by atoms with Gasteiger partial charge < -0.3 is 25.5 Å². The fraction of sp³-hybridized carbons (Fsp3) is 0.214. The molecule has 0 saturated carbocycles. The van der Waals surface area contributed by atoms with Gasteiger partial charge in [-0.1, -0.05) is 30.3 Å². The van der Waals surface area contributed by atoms with Gasteiger partial charge in [-0.15, -0.1) is 0 Å². The zero-order chi connectivity index (χ0) is 27.1. The van der Waals surface area contributed by atoms with Gasteiger partial charge in [0.2, 0.25) is 0 Å². The van der Waals surface area contributed by atoms with Crippen LogP contribution in [0.5, 0.6) is 0 Å². The molecule has 0 saturated heterocycles. The summed E-state index contributed by atoms with van der Waals surface area (Å²) in [5.41, 5.74) is 9.90. The molecule has 5 aromatic rings. The van der Waals surface area contributed by atoms with E-state index in [-0.39, 0.29) is 12.2 Å². The lowest BCUT2D eigenvalue weighted by Crippen LogP contribution is -2.26. The Bertz CT molecular complexity index is 1730. The van der Waals surface area contributed by atoms with Crippen LogP contribution in [0.15, 0.2) is 71.9 Å². The van der Waals surface area contributed by atoms with Crippen molar-refractivity contribution in [1.29, 1.82) is 0 Å². The van der Waals surface area contributed by atoms with Gasteiger partial charge in [-0.2, -0.15) is 0 Å². The van der Waals surface area contributed by atoms with E-state index in [1.807, 2.05) is 57.9 Å². The van der Waals surface area contributed by atoms with E-state index in [1.54, 1.807) is 19.1 Å². The maximum Gasteiger partial charge on any atom is 0.284 e. The number of carbonyl (C=O) groups excluding carboxylic acids is 1. The van der Waals surface area contributed by atoms with Gasteiger partial charge in [0.05, 0.1) is 42.6 Å². The number of aliphatic hydroxyl groups is 1. The predicted octanol–water partition coefficient (Wildman–Crippen LogP) is 2.80. The summed E-state index contributed by atoms with van der Waals surface area (Å²) in [6.45, 7) is 3.16. The first-order valence-corrected chi connectivity index (χ1v) is 12.6. The molecule has 11 heteroatoms. The molecule has 1 atom stereocenters. The van der Waals surface area contributed by atoms with Gasteiger partial charge in [0, 0.05) is 24.0 Å². The summed E-state index contributed by atoms with van der Waals surface area (Å²) in [7, 11) is 0. The first-order valence-electron chi connectivity index (χ1n) is 12.6. The van der Waals surface area contributed by atoms with E-state index in [0.717, 1.165) is 11.1 Å². The van der Waals surface area contributed by atoms with Gasteiger partial charge in [0.15, 0.2) is 0 Å². The number of nitrogens with two attached hydrogens (primary N) is 1. The highest BCUT2D eigenvalue weighted by molar-refractivity contribution is 6.05. The van der Waals surface area contributed by atoms with E-state index < -0.39 is 17.6 Å². The number of nitrogen functional groups attached to an aromatic ring is 1. The number of nitrogens with one attached hydrogen (secondary N) is 1. The third-order valence-electron chi connectivity index (χ3n) is 6.76. The Morgan fingerprint density at radius 3 is 2.67 bits per heavy atom. The minimum Gasteiger partial charge on any atom is -0.392 e. The second kappa shape index (κ2) is 9.86. The Hall–Kier alpha value is -4.74. The number of amides is 1. The molecule has 3 aromatic heterocycles. The summed E-state index contributed by atoms with van der Waals surface area (Å²) in [5.74, 6) is -0.157. The fourth-order valence-electron chi connectivity index (χ4n) is 5.06. The molecule has 0 radical (unpaired) electrons. The molecule has 4 heterocycles. The summed E-state index contributed by atoms with van der Waals surface area (Å²) in [4.78, 5) is 35.3. The van der Waals surface area contributed by atoms with Crippen LogP contribution in [0.3, 0.4) is 0 Å². The van der Waals surface area contributed by atoms with Gasteiger partial charge in [-0.3, -0.25) is 14.3 Å². The average molecular weight is 526 g/mol. The third kappa shape index (κ3) is 4.37. The van der Waals surface area contributed by atoms with Crippen LogP contribution < -0.4 is 16.6 Å². The predicted molar refractivity (Wildman–Crippen MR) is 147 cm³/mol. The number of hydrogen-bond donors (Lipinski definition) is 3. The molecule has 0 aliphatic carbocycles. The second-order valence-electron chi connectivity index (χ2n) is 9.48. The van der Waals surface area contributed by atoms with E-state index in [4.69, 9.17) is 10.5 Å². The van der Waals surface area contributed by atoms with Gasteiger partial charge in [0.1, 0.15) is 23.4 Å². The maximum absolute atomic E-state index is 13.4. The molecule has 1 unspecified atom stereocenters. The first kappa shape index (κ1) is 24.6. The third-order valence-corrected chi connectivity index (χ3v) is 6.76. The lowest BCUT2D eigenvalue weighted by molar-refractivity contribution is 0.0756. The highest BCUT2D eigenvalue weighted by atomic mass is 16.5. The molecule has 198 valence electrons.